The molecule has 0 aliphatic heterocycles. The Labute approximate surface area is 79.2 Å². The minimum Gasteiger partial charge on any atom is -0.388 e. The van der Waals surface area contributed by atoms with Crippen LogP contribution in [0.5, 0.6) is 0 Å². The maximum Gasteiger partial charge on any atom is 0.0408 e. The van der Waals surface area contributed by atoms with E-state index in [9.17, 15) is 0 Å². The summed E-state index contributed by atoms with van der Waals surface area (Å²) in [5.74, 6) is 0. The summed E-state index contributed by atoms with van der Waals surface area (Å²) < 4.78 is 0. The molecule has 0 radical (unpaired) electrons. The molecule has 1 nitrogen and oxygen atoms in total. The number of hydrogen-bond acceptors (Lipinski definition) is 1. The van der Waals surface area contributed by atoms with Gasteiger partial charge in [-0.25, -0.2) is 0 Å². The van der Waals surface area contributed by atoms with Crippen LogP contribution in [0.2, 0.25) is 0 Å². The van der Waals surface area contributed by atoms with Crippen LogP contribution < -0.4 is 5.32 Å². The minimum absolute atomic E-state index is 1.29. The maximum atomic E-state index is 3.39. The van der Waals surface area contributed by atoms with Crippen molar-refractivity contribution < 1.29 is 0 Å². The van der Waals surface area contributed by atoms with E-state index in [0.29, 0.717) is 0 Å². The summed E-state index contributed by atoms with van der Waals surface area (Å²) in [6.07, 6.45) is 6.54. The van der Waals surface area contributed by atoms with Crippen LogP contribution in [-0.2, 0) is 25.7 Å². The van der Waals surface area contributed by atoms with Crippen LogP contribution in [0.3, 0.4) is 0 Å². The first-order valence-corrected chi connectivity index (χ1v) is 5.24. The fourth-order valence-corrected chi connectivity index (χ4v) is 2.75. The molecule has 0 fully saturated rings. The zero-order valence-electron chi connectivity index (χ0n) is 8.11. The number of fused-ring (bicyclic) bond motifs is 2. The van der Waals surface area contributed by atoms with Crippen molar-refractivity contribution in [1.82, 2.24) is 0 Å². The summed E-state index contributed by atoms with van der Waals surface area (Å²) in [4.78, 5) is 0. The molecule has 0 aromatic heterocycles. The maximum absolute atomic E-state index is 3.39. The Balaban J connectivity index is 2.25. The highest BCUT2D eigenvalue weighted by Crippen LogP contribution is 2.39. The molecule has 13 heavy (non-hydrogen) atoms. The molecular weight excluding hydrogens is 158 g/mol. The van der Waals surface area contributed by atoms with Gasteiger partial charge < -0.3 is 5.32 Å². The third-order valence-electron chi connectivity index (χ3n) is 3.49. The molecule has 0 saturated carbocycles. The van der Waals surface area contributed by atoms with Gasteiger partial charge in [-0.1, -0.05) is 6.07 Å². The lowest BCUT2D eigenvalue weighted by molar-refractivity contribution is 0.836. The molecule has 0 heterocycles. The molecule has 1 N–H and O–H groups in total. The third kappa shape index (κ3) is 0.874. The van der Waals surface area contributed by atoms with Crippen molar-refractivity contribution in [2.24, 2.45) is 0 Å². The molecule has 1 aromatic rings. The van der Waals surface area contributed by atoms with Crippen LogP contribution in [-0.4, -0.2) is 7.05 Å². The number of hydrogen-bond donors (Lipinski definition) is 1. The molecule has 2 aliphatic carbocycles. The van der Waals surface area contributed by atoms with E-state index in [2.05, 4.69) is 18.4 Å². The number of aryl methyl sites for hydroxylation is 2. The van der Waals surface area contributed by atoms with Gasteiger partial charge >= 0.3 is 0 Å². The Morgan fingerprint density at radius 1 is 1.00 bits per heavy atom. The summed E-state index contributed by atoms with van der Waals surface area (Å²) in [6.45, 7) is 0. The first-order valence-electron chi connectivity index (χ1n) is 5.24. The molecule has 0 unspecified atom stereocenters. The standard InChI is InChI=1S/C12H15N/c1-13-12-10-4-2-3-8(10)7-9-5-6-11(9)12/h7,13H,2-6H2,1H3. The molecule has 0 bridgehead atoms. The highest BCUT2D eigenvalue weighted by molar-refractivity contribution is 5.67. The second-order valence-electron chi connectivity index (χ2n) is 4.13. The fraction of sp³-hybridized carbons (Fsp3) is 0.500. The Hall–Kier alpha value is -0.980. The normalized spacial score (nSPS) is 17.6. The average Bonchev–Trinajstić information content (AvgIpc) is 2.55. The zero-order chi connectivity index (χ0) is 8.84. The SMILES string of the molecule is CNc1c2c(cc3c1CC3)CCC2. The lowest BCUT2D eigenvalue weighted by Crippen LogP contribution is -2.14. The van der Waals surface area contributed by atoms with Crippen LogP contribution in [0.1, 0.15) is 28.7 Å². The molecule has 68 valence electrons. The predicted molar refractivity (Wildman–Crippen MR) is 55.4 cm³/mol. The van der Waals surface area contributed by atoms with E-state index >= 15 is 0 Å². The number of anilines is 1. The number of nitrogens with one attached hydrogen (secondary N) is 1. The van der Waals surface area contributed by atoms with Gasteiger partial charge in [0.25, 0.3) is 0 Å². The smallest absolute Gasteiger partial charge is 0.0408 e. The molecule has 3 rings (SSSR count). The van der Waals surface area contributed by atoms with Gasteiger partial charge in [0.05, 0.1) is 0 Å². The zero-order valence-corrected chi connectivity index (χ0v) is 8.11. The minimum atomic E-state index is 1.29. The van der Waals surface area contributed by atoms with Crippen molar-refractivity contribution in [2.75, 3.05) is 12.4 Å². The summed E-state index contributed by atoms with van der Waals surface area (Å²) in [5.41, 5.74) is 7.90. The summed E-state index contributed by atoms with van der Waals surface area (Å²) in [7, 11) is 2.06. The molecular formula is C12H15N. The average molecular weight is 173 g/mol. The van der Waals surface area contributed by atoms with E-state index < -0.39 is 0 Å². The van der Waals surface area contributed by atoms with E-state index in [1.54, 1.807) is 22.3 Å². The summed E-state index contributed by atoms with van der Waals surface area (Å²) >= 11 is 0. The Morgan fingerprint density at radius 2 is 1.77 bits per heavy atom. The molecule has 0 saturated heterocycles. The van der Waals surface area contributed by atoms with E-state index in [-0.39, 0.29) is 0 Å². The van der Waals surface area contributed by atoms with Gasteiger partial charge in [-0.05, 0) is 54.4 Å². The Kier molecular flexibility index (Phi) is 1.43. The van der Waals surface area contributed by atoms with E-state index in [1.165, 1.54) is 37.8 Å². The largest absolute Gasteiger partial charge is 0.388 e. The van der Waals surface area contributed by atoms with Crippen molar-refractivity contribution in [3.05, 3.63) is 28.3 Å². The number of rotatable bonds is 1. The second-order valence-corrected chi connectivity index (χ2v) is 4.13. The van der Waals surface area contributed by atoms with Gasteiger partial charge in [-0.15, -0.1) is 0 Å². The summed E-state index contributed by atoms with van der Waals surface area (Å²) in [5, 5.41) is 3.39. The quantitative estimate of drug-likeness (QED) is 0.687. The van der Waals surface area contributed by atoms with Crippen LogP contribution in [0, 0.1) is 0 Å². The first kappa shape index (κ1) is 7.43. The second kappa shape index (κ2) is 2.50. The van der Waals surface area contributed by atoms with Crippen molar-refractivity contribution in [3.63, 3.8) is 0 Å². The van der Waals surface area contributed by atoms with Crippen molar-refractivity contribution >= 4 is 5.69 Å². The molecule has 1 heteroatoms. The van der Waals surface area contributed by atoms with Gasteiger partial charge in [-0.3, -0.25) is 0 Å². The Morgan fingerprint density at radius 3 is 2.46 bits per heavy atom. The molecule has 1 aromatic carbocycles. The van der Waals surface area contributed by atoms with E-state index in [4.69, 9.17) is 0 Å². The predicted octanol–water partition coefficient (Wildman–Crippen LogP) is 2.32. The van der Waals surface area contributed by atoms with Crippen LogP contribution in [0.15, 0.2) is 6.07 Å². The molecule has 2 aliphatic rings. The van der Waals surface area contributed by atoms with Gasteiger partial charge in [0.15, 0.2) is 0 Å². The molecule has 0 atom stereocenters. The lowest BCUT2D eigenvalue weighted by Gasteiger charge is -2.25. The topological polar surface area (TPSA) is 12.0 Å². The Bertz CT molecular complexity index is 366. The van der Waals surface area contributed by atoms with Gasteiger partial charge in [0, 0.05) is 12.7 Å². The highest BCUT2D eigenvalue weighted by atomic mass is 14.8. The molecule has 0 spiro atoms. The van der Waals surface area contributed by atoms with Gasteiger partial charge in [0.1, 0.15) is 0 Å². The molecule has 0 amide bonds. The van der Waals surface area contributed by atoms with Crippen molar-refractivity contribution in [1.29, 1.82) is 0 Å². The fourth-order valence-electron chi connectivity index (χ4n) is 2.75. The monoisotopic (exact) mass is 173 g/mol. The van der Waals surface area contributed by atoms with E-state index in [1.807, 2.05) is 0 Å². The van der Waals surface area contributed by atoms with Crippen molar-refractivity contribution in [3.8, 4) is 0 Å². The lowest BCUT2D eigenvalue weighted by atomic mass is 9.83. The van der Waals surface area contributed by atoms with Crippen molar-refractivity contribution in [2.45, 2.75) is 32.1 Å². The van der Waals surface area contributed by atoms with Crippen LogP contribution >= 0.6 is 0 Å². The first-order chi connectivity index (χ1) is 6.40. The summed E-state index contributed by atoms with van der Waals surface area (Å²) in [6, 6.07) is 2.45. The third-order valence-corrected chi connectivity index (χ3v) is 3.49. The number of benzene rings is 1. The van der Waals surface area contributed by atoms with Crippen LogP contribution in [0.25, 0.3) is 0 Å². The van der Waals surface area contributed by atoms with Crippen LogP contribution in [0.4, 0.5) is 5.69 Å². The van der Waals surface area contributed by atoms with E-state index in [0.717, 1.165) is 0 Å². The van der Waals surface area contributed by atoms with Gasteiger partial charge in [0.2, 0.25) is 0 Å². The van der Waals surface area contributed by atoms with Gasteiger partial charge in [-0.2, -0.15) is 0 Å². The highest BCUT2D eigenvalue weighted by Gasteiger charge is 2.24.